The molecule has 1 saturated heterocycles. The van der Waals surface area contributed by atoms with Gasteiger partial charge in [-0.2, -0.15) is 0 Å². The molecule has 0 unspecified atom stereocenters. The van der Waals surface area contributed by atoms with Crippen LogP contribution in [-0.4, -0.2) is 37.5 Å². The molecule has 2 saturated carbocycles. The first-order valence-corrected chi connectivity index (χ1v) is 10.5. The standard InChI is InChI=1S/C19H25NO4S/c1-18(2)14-8-9-19(18)12-25(22,23)20(16(19)11-14)17(21)10-13-4-6-15(24-3)7-5-13/h4-7,14,16H,8-12H2,1-3H3/t14-,16-,19-/m0/s1. The number of benzene rings is 1. The van der Waals surface area contributed by atoms with E-state index in [-0.39, 0.29) is 35.0 Å². The summed E-state index contributed by atoms with van der Waals surface area (Å²) in [6.07, 6.45) is 2.93. The summed E-state index contributed by atoms with van der Waals surface area (Å²) in [4.78, 5) is 12.9. The lowest BCUT2D eigenvalue weighted by molar-refractivity contribution is -0.128. The van der Waals surface area contributed by atoms with Gasteiger partial charge < -0.3 is 4.74 Å². The van der Waals surface area contributed by atoms with Gasteiger partial charge in [-0.15, -0.1) is 0 Å². The molecule has 1 heterocycles. The van der Waals surface area contributed by atoms with Crippen LogP contribution in [0.3, 0.4) is 0 Å². The molecule has 4 rings (SSSR count). The lowest BCUT2D eigenvalue weighted by Gasteiger charge is -2.37. The van der Waals surface area contributed by atoms with Gasteiger partial charge in [-0.25, -0.2) is 12.7 Å². The lowest BCUT2D eigenvalue weighted by atomic mass is 9.69. The van der Waals surface area contributed by atoms with Crippen molar-refractivity contribution in [3.05, 3.63) is 29.8 Å². The van der Waals surface area contributed by atoms with Gasteiger partial charge in [0.05, 0.1) is 25.3 Å². The molecule has 1 aromatic carbocycles. The quantitative estimate of drug-likeness (QED) is 0.828. The Labute approximate surface area is 149 Å². The summed E-state index contributed by atoms with van der Waals surface area (Å²) in [6.45, 7) is 4.38. The number of ether oxygens (including phenoxy) is 1. The van der Waals surface area contributed by atoms with Gasteiger partial charge in [0.15, 0.2) is 0 Å². The van der Waals surface area contributed by atoms with Crippen molar-refractivity contribution in [2.75, 3.05) is 12.9 Å². The monoisotopic (exact) mass is 363 g/mol. The predicted octanol–water partition coefficient (Wildman–Crippen LogP) is 2.60. The molecule has 3 fully saturated rings. The van der Waals surface area contributed by atoms with E-state index in [2.05, 4.69) is 13.8 Å². The normalized spacial score (nSPS) is 34.1. The SMILES string of the molecule is COc1ccc(CC(=O)N2[C@H]3C[C@@H]4CC[C@@]3(CS2(=O)=O)C4(C)C)cc1. The van der Waals surface area contributed by atoms with Crippen LogP contribution in [0.15, 0.2) is 24.3 Å². The first kappa shape index (κ1) is 16.9. The molecular formula is C19H25NO4S. The number of methoxy groups -OCH3 is 1. The van der Waals surface area contributed by atoms with Crippen LogP contribution in [0.25, 0.3) is 0 Å². The van der Waals surface area contributed by atoms with Gasteiger partial charge in [0, 0.05) is 5.41 Å². The molecule has 25 heavy (non-hydrogen) atoms. The summed E-state index contributed by atoms with van der Waals surface area (Å²) < 4.78 is 32.1. The number of amides is 1. The maximum Gasteiger partial charge on any atom is 0.240 e. The molecule has 6 heteroatoms. The molecular weight excluding hydrogens is 338 g/mol. The van der Waals surface area contributed by atoms with Gasteiger partial charge in [-0.05, 0) is 48.3 Å². The van der Waals surface area contributed by atoms with E-state index in [0.717, 1.165) is 30.6 Å². The second-order valence-electron chi connectivity index (χ2n) is 8.34. The Kier molecular flexibility index (Phi) is 3.53. The smallest absolute Gasteiger partial charge is 0.240 e. The number of hydrogen-bond donors (Lipinski definition) is 0. The highest BCUT2D eigenvalue weighted by molar-refractivity contribution is 7.90. The summed E-state index contributed by atoms with van der Waals surface area (Å²) in [7, 11) is -1.94. The number of sulfonamides is 1. The average molecular weight is 363 g/mol. The number of fused-ring (bicyclic) bond motifs is 1. The fourth-order valence-electron chi connectivity index (χ4n) is 5.61. The van der Waals surface area contributed by atoms with Crippen LogP contribution < -0.4 is 4.74 Å². The largest absolute Gasteiger partial charge is 0.497 e. The van der Waals surface area contributed by atoms with Crippen LogP contribution in [0.1, 0.15) is 38.7 Å². The lowest BCUT2D eigenvalue weighted by Crippen LogP contribution is -2.44. The summed E-state index contributed by atoms with van der Waals surface area (Å²) in [5.74, 6) is 1.07. The van der Waals surface area contributed by atoms with Crippen LogP contribution in [0.2, 0.25) is 0 Å². The Morgan fingerprint density at radius 3 is 2.56 bits per heavy atom. The molecule has 136 valence electrons. The highest BCUT2D eigenvalue weighted by Gasteiger charge is 2.72. The van der Waals surface area contributed by atoms with Gasteiger partial charge in [-0.1, -0.05) is 26.0 Å². The van der Waals surface area contributed by atoms with Crippen LogP contribution in [0.5, 0.6) is 5.75 Å². The minimum Gasteiger partial charge on any atom is -0.497 e. The number of carbonyl (C=O) groups is 1. The zero-order valence-electron chi connectivity index (χ0n) is 15.0. The molecule has 2 bridgehead atoms. The maximum absolute atomic E-state index is 12.9. The zero-order valence-corrected chi connectivity index (χ0v) is 15.8. The molecule has 1 amide bonds. The number of rotatable bonds is 3. The van der Waals surface area contributed by atoms with Crippen molar-refractivity contribution in [1.29, 1.82) is 0 Å². The second-order valence-corrected chi connectivity index (χ2v) is 10.2. The molecule has 0 aromatic heterocycles. The predicted molar refractivity (Wildman–Crippen MR) is 94.7 cm³/mol. The third-order valence-electron chi connectivity index (χ3n) is 7.17. The zero-order chi connectivity index (χ0) is 18.0. The Hall–Kier alpha value is -1.56. The summed E-state index contributed by atoms with van der Waals surface area (Å²) in [5, 5.41) is 0. The highest BCUT2D eigenvalue weighted by Crippen LogP contribution is 2.69. The first-order valence-electron chi connectivity index (χ1n) is 8.89. The highest BCUT2D eigenvalue weighted by atomic mass is 32.2. The van der Waals surface area contributed by atoms with Gasteiger partial charge in [0.1, 0.15) is 5.75 Å². The van der Waals surface area contributed by atoms with Crippen LogP contribution >= 0.6 is 0 Å². The van der Waals surface area contributed by atoms with Crippen molar-refractivity contribution in [2.45, 2.75) is 45.6 Å². The summed E-state index contributed by atoms with van der Waals surface area (Å²) in [6, 6.07) is 7.07. The molecule has 0 N–H and O–H groups in total. The van der Waals surface area contributed by atoms with E-state index in [4.69, 9.17) is 4.74 Å². The Bertz CT molecular complexity index is 814. The van der Waals surface area contributed by atoms with Crippen molar-refractivity contribution in [3.63, 3.8) is 0 Å². The maximum atomic E-state index is 12.9. The van der Waals surface area contributed by atoms with E-state index < -0.39 is 10.0 Å². The molecule has 3 atom stereocenters. The number of carbonyl (C=O) groups excluding carboxylic acids is 1. The molecule has 1 spiro atoms. The van der Waals surface area contributed by atoms with Crippen LogP contribution in [0.4, 0.5) is 0 Å². The van der Waals surface area contributed by atoms with Gasteiger partial charge in [0.25, 0.3) is 0 Å². The fourth-order valence-corrected chi connectivity index (χ4v) is 8.16. The minimum absolute atomic E-state index is 0.0140. The van der Waals surface area contributed by atoms with E-state index in [9.17, 15) is 13.2 Å². The third kappa shape index (κ3) is 2.19. The van der Waals surface area contributed by atoms with Gasteiger partial charge in [-0.3, -0.25) is 4.79 Å². The molecule has 1 aromatic rings. The second kappa shape index (κ2) is 5.22. The molecule has 5 nitrogen and oxygen atoms in total. The topological polar surface area (TPSA) is 63.7 Å². The number of nitrogens with zero attached hydrogens (tertiary/aromatic N) is 1. The Balaban J connectivity index is 1.62. The van der Waals surface area contributed by atoms with Crippen molar-refractivity contribution in [3.8, 4) is 5.75 Å². The minimum atomic E-state index is -3.53. The van der Waals surface area contributed by atoms with Crippen LogP contribution in [0, 0.1) is 16.7 Å². The molecule has 3 aliphatic rings. The molecule has 0 radical (unpaired) electrons. The van der Waals surface area contributed by atoms with E-state index in [1.165, 1.54) is 4.31 Å². The average Bonchev–Trinajstić information content (AvgIpc) is 3.02. The van der Waals surface area contributed by atoms with Crippen molar-refractivity contribution < 1.29 is 17.9 Å². The van der Waals surface area contributed by atoms with Gasteiger partial charge in [0.2, 0.25) is 15.9 Å². The van der Waals surface area contributed by atoms with Crippen molar-refractivity contribution >= 4 is 15.9 Å². The van der Waals surface area contributed by atoms with Crippen molar-refractivity contribution in [2.24, 2.45) is 16.7 Å². The van der Waals surface area contributed by atoms with E-state index >= 15 is 0 Å². The number of hydrogen-bond acceptors (Lipinski definition) is 4. The summed E-state index contributed by atoms with van der Waals surface area (Å²) in [5.41, 5.74) is 0.538. The summed E-state index contributed by atoms with van der Waals surface area (Å²) >= 11 is 0. The van der Waals surface area contributed by atoms with E-state index in [1.807, 2.05) is 12.1 Å². The van der Waals surface area contributed by atoms with E-state index in [1.54, 1.807) is 19.2 Å². The van der Waals surface area contributed by atoms with Crippen molar-refractivity contribution in [1.82, 2.24) is 4.31 Å². The van der Waals surface area contributed by atoms with Crippen LogP contribution in [-0.2, 0) is 21.2 Å². The Morgan fingerprint density at radius 2 is 1.96 bits per heavy atom. The Morgan fingerprint density at radius 1 is 1.28 bits per heavy atom. The fraction of sp³-hybridized carbons (Fsp3) is 0.632. The van der Waals surface area contributed by atoms with Gasteiger partial charge >= 0.3 is 0 Å². The van der Waals surface area contributed by atoms with E-state index in [0.29, 0.717) is 5.92 Å². The third-order valence-corrected chi connectivity index (χ3v) is 9.11. The molecule has 2 aliphatic carbocycles. The molecule has 1 aliphatic heterocycles. The first-order chi connectivity index (χ1) is 11.7.